The number of aryl methyl sites for hydroxylation is 1. The van der Waals surface area contributed by atoms with Gasteiger partial charge in [-0.1, -0.05) is 30.3 Å². The Balaban J connectivity index is 1.73. The van der Waals surface area contributed by atoms with E-state index in [4.69, 9.17) is 0 Å². The average Bonchev–Trinajstić information content (AvgIpc) is 2.80. The van der Waals surface area contributed by atoms with Crippen molar-refractivity contribution < 1.29 is 14.4 Å². The van der Waals surface area contributed by atoms with Crippen LogP contribution in [-0.4, -0.2) is 77.2 Å². The molecule has 3 aromatic rings. The molecule has 176 valence electrons. The molecule has 2 N–H and O–H groups in total. The maximum absolute atomic E-state index is 11.9. The molecule has 4 rings (SSSR count). The molecule has 0 saturated carbocycles. The van der Waals surface area contributed by atoms with E-state index in [2.05, 4.69) is 32.1 Å². The Morgan fingerprint density at radius 1 is 1.06 bits per heavy atom. The number of aromatic nitrogens is 4. The maximum Gasteiger partial charge on any atom is 0.232 e. The summed E-state index contributed by atoms with van der Waals surface area (Å²) in [5.74, 6) is 2.73. The van der Waals surface area contributed by atoms with Gasteiger partial charge in [-0.05, 0) is 25.8 Å². The van der Waals surface area contributed by atoms with Gasteiger partial charge < -0.3 is 15.1 Å². The predicted molar refractivity (Wildman–Crippen MR) is 132 cm³/mol. The molecule has 0 radical (unpaired) electrons. The minimum Gasteiger partial charge on any atom is -0.374 e. The van der Waals surface area contributed by atoms with Crippen LogP contribution in [0.5, 0.6) is 0 Å². The third-order valence-electron chi connectivity index (χ3n) is 5.40. The molecule has 0 amide bonds. The summed E-state index contributed by atoms with van der Waals surface area (Å²) in [6, 6.07) is 10.2. The first-order valence-electron chi connectivity index (χ1n) is 10.9. The largest absolute Gasteiger partial charge is 0.374 e. The Kier molecular flexibility index (Phi) is 7.74. The smallest absolute Gasteiger partial charge is 0.232 e. The van der Waals surface area contributed by atoms with E-state index in [-0.39, 0.29) is 5.95 Å². The number of anilines is 2. The second kappa shape index (κ2) is 10.7. The van der Waals surface area contributed by atoms with Gasteiger partial charge in [0.2, 0.25) is 5.95 Å². The van der Waals surface area contributed by atoms with Gasteiger partial charge in [-0.3, -0.25) is 9.11 Å². The highest BCUT2D eigenvalue weighted by Crippen LogP contribution is 2.32. The van der Waals surface area contributed by atoms with Gasteiger partial charge in [-0.2, -0.15) is 4.98 Å². The number of thioether (sulfide) groups is 1. The van der Waals surface area contributed by atoms with Crippen LogP contribution in [0.2, 0.25) is 0 Å². The highest BCUT2D eigenvalue weighted by atomic mass is 32.2. The van der Waals surface area contributed by atoms with Crippen molar-refractivity contribution in [2.75, 3.05) is 40.1 Å². The normalized spacial score (nSPS) is 16.7. The van der Waals surface area contributed by atoms with E-state index in [1.165, 1.54) is 16.8 Å². The van der Waals surface area contributed by atoms with Gasteiger partial charge in [-0.15, -0.1) is 11.8 Å². The number of aliphatic hydroxyl groups is 2. The topological polar surface area (TPSA) is 116 Å². The lowest BCUT2D eigenvalue weighted by Gasteiger charge is -2.31. The highest BCUT2D eigenvalue weighted by Gasteiger charge is 2.26. The Bertz CT molecular complexity index is 1100. The minimum atomic E-state index is -0.997. The number of hydrogen-bond acceptors (Lipinski definition) is 10. The lowest BCUT2D eigenvalue weighted by molar-refractivity contribution is 0.103. The van der Waals surface area contributed by atoms with Gasteiger partial charge in [-0.25, -0.2) is 15.0 Å². The summed E-state index contributed by atoms with van der Waals surface area (Å²) in [6.45, 7) is 4.28. The van der Waals surface area contributed by atoms with Gasteiger partial charge in [0.1, 0.15) is 34.8 Å². The summed E-state index contributed by atoms with van der Waals surface area (Å²) < 4.78 is 11.9. The number of hydrogen-bond donors (Lipinski definition) is 2. The van der Waals surface area contributed by atoms with Crippen LogP contribution in [0.1, 0.15) is 19.4 Å². The van der Waals surface area contributed by atoms with Crippen molar-refractivity contribution >= 4 is 45.4 Å². The van der Waals surface area contributed by atoms with Crippen molar-refractivity contribution in [1.82, 2.24) is 19.9 Å². The standard InChI is InChI=1S/C22H28N6O3S2/c1-15(29)28(16(2)30)22-25-19-18(20(26-22)27-9-12-33(31)13-10-27)23-14-24-21(19)32-11-8-17-6-4-3-5-7-17/h3-7,14-16,29-30H,8-13H2,1-2H3. The monoisotopic (exact) mass is 488 g/mol. The highest BCUT2D eigenvalue weighted by molar-refractivity contribution is 7.99. The molecular formula is C22H28N6O3S2. The maximum atomic E-state index is 11.9. The van der Waals surface area contributed by atoms with E-state index in [1.54, 1.807) is 25.6 Å². The summed E-state index contributed by atoms with van der Waals surface area (Å²) in [5, 5.41) is 21.3. The zero-order chi connectivity index (χ0) is 23.4. The molecule has 11 heteroatoms. The SMILES string of the molecule is CC(O)N(c1nc(N2CCS(=O)CC2)c2ncnc(SCCc3ccccc3)c2n1)C(C)O. The van der Waals surface area contributed by atoms with Crippen molar-refractivity contribution in [2.24, 2.45) is 0 Å². The van der Waals surface area contributed by atoms with Crippen molar-refractivity contribution in [2.45, 2.75) is 37.8 Å². The predicted octanol–water partition coefficient (Wildman–Crippen LogP) is 1.81. The van der Waals surface area contributed by atoms with Gasteiger partial charge in [0.25, 0.3) is 0 Å². The van der Waals surface area contributed by atoms with Crippen molar-refractivity contribution in [3.63, 3.8) is 0 Å². The average molecular weight is 489 g/mol. The summed E-state index contributed by atoms with van der Waals surface area (Å²) in [4.78, 5) is 21.7. The van der Waals surface area contributed by atoms with Crippen molar-refractivity contribution in [3.05, 3.63) is 42.2 Å². The Labute approximate surface area is 199 Å². The van der Waals surface area contributed by atoms with Gasteiger partial charge in [0, 0.05) is 41.1 Å². The fourth-order valence-electron chi connectivity index (χ4n) is 3.75. The lowest BCUT2D eigenvalue weighted by Crippen LogP contribution is -2.42. The van der Waals surface area contributed by atoms with Crippen LogP contribution in [0.15, 0.2) is 41.7 Å². The Hall–Kier alpha value is -2.34. The zero-order valence-electron chi connectivity index (χ0n) is 18.7. The number of aliphatic hydroxyl groups excluding tert-OH is 2. The molecule has 1 fully saturated rings. The van der Waals surface area contributed by atoms with E-state index in [0.717, 1.165) is 17.2 Å². The van der Waals surface area contributed by atoms with E-state index in [0.29, 0.717) is 41.4 Å². The number of fused-ring (bicyclic) bond motifs is 1. The molecular weight excluding hydrogens is 460 g/mol. The third kappa shape index (κ3) is 5.60. The van der Waals surface area contributed by atoms with Gasteiger partial charge in [0.05, 0.1) is 0 Å². The molecule has 3 heterocycles. The van der Waals surface area contributed by atoms with Crippen LogP contribution in [0, 0.1) is 0 Å². The molecule has 1 saturated heterocycles. The second-order valence-corrected chi connectivity index (χ2v) is 10.6. The molecule has 33 heavy (non-hydrogen) atoms. The van der Waals surface area contributed by atoms with Crippen molar-refractivity contribution in [3.8, 4) is 0 Å². The summed E-state index contributed by atoms with van der Waals surface area (Å²) in [7, 11) is -0.837. The second-order valence-electron chi connectivity index (χ2n) is 7.81. The summed E-state index contributed by atoms with van der Waals surface area (Å²) in [5.41, 5.74) is 2.43. The molecule has 9 nitrogen and oxygen atoms in total. The molecule has 0 spiro atoms. The van der Waals surface area contributed by atoms with Crippen LogP contribution in [-0.2, 0) is 17.2 Å². The first kappa shape index (κ1) is 23.8. The Morgan fingerprint density at radius 3 is 2.42 bits per heavy atom. The van der Waals surface area contributed by atoms with Gasteiger partial charge >= 0.3 is 0 Å². The summed E-state index contributed by atoms with van der Waals surface area (Å²) >= 11 is 1.59. The van der Waals surface area contributed by atoms with E-state index in [1.807, 2.05) is 23.1 Å². The van der Waals surface area contributed by atoms with Crippen LogP contribution in [0.25, 0.3) is 11.0 Å². The molecule has 1 aliphatic rings. The molecule has 2 unspecified atom stereocenters. The van der Waals surface area contributed by atoms with Gasteiger partial charge in [0.15, 0.2) is 5.82 Å². The first-order valence-corrected chi connectivity index (χ1v) is 13.3. The van der Waals surface area contributed by atoms with Crippen LogP contribution < -0.4 is 9.80 Å². The van der Waals surface area contributed by atoms with Crippen molar-refractivity contribution in [1.29, 1.82) is 0 Å². The van der Waals surface area contributed by atoms with E-state index < -0.39 is 23.3 Å². The van der Waals surface area contributed by atoms with Crippen LogP contribution >= 0.6 is 11.8 Å². The number of nitrogens with zero attached hydrogens (tertiary/aromatic N) is 6. The fourth-order valence-corrected chi connectivity index (χ4v) is 5.73. The molecule has 1 aromatic carbocycles. The lowest BCUT2D eigenvalue weighted by atomic mass is 10.2. The third-order valence-corrected chi connectivity index (χ3v) is 7.66. The quantitative estimate of drug-likeness (QED) is 0.276. The molecule has 2 aromatic heterocycles. The van der Waals surface area contributed by atoms with E-state index >= 15 is 0 Å². The first-order chi connectivity index (χ1) is 15.9. The molecule has 1 aliphatic heterocycles. The zero-order valence-corrected chi connectivity index (χ0v) is 20.3. The molecule has 2 atom stereocenters. The number of rotatable bonds is 8. The minimum absolute atomic E-state index is 0.203. The van der Waals surface area contributed by atoms with E-state index in [9.17, 15) is 14.4 Å². The molecule has 0 bridgehead atoms. The fraction of sp³-hybridized carbons (Fsp3) is 0.455. The number of benzene rings is 1. The Morgan fingerprint density at radius 2 is 1.76 bits per heavy atom. The van der Waals surface area contributed by atoms with Crippen LogP contribution in [0.4, 0.5) is 11.8 Å². The molecule has 0 aliphatic carbocycles. The summed E-state index contributed by atoms with van der Waals surface area (Å²) in [6.07, 6.45) is 0.404. The van der Waals surface area contributed by atoms with Crippen LogP contribution in [0.3, 0.4) is 0 Å².